The number of thioether (sulfide) groups is 1. The van der Waals surface area contributed by atoms with Gasteiger partial charge in [0.15, 0.2) is 5.04 Å². The zero-order valence-corrected chi connectivity index (χ0v) is 8.06. The monoisotopic (exact) mass is 184 g/mol. The molecule has 3 nitrogen and oxygen atoms in total. The summed E-state index contributed by atoms with van der Waals surface area (Å²) in [6, 6.07) is 0. The van der Waals surface area contributed by atoms with E-state index in [9.17, 15) is 0 Å². The molecule has 1 N–H and O–H groups in total. The highest BCUT2D eigenvalue weighted by Crippen LogP contribution is 2.51. The van der Waals surface area contributed by atoms with Crippen molar-refractivity contribution in [2.24, 2.45) is 16.1 Å². The predicted molar refractivity (Wildman–Crippen MR) is 51.1 cm³/mol. The van der Waals surface area contributed by atoms with E-state index in [1.54, 1.807) is 11.8 Å². The van der Waals surface area contributed by atoms with Crippen LogP contribution in [-0.4, -0.2) is 20.8 Å². The first-order valence-electron chi connectivity index (χ1n) is 4.13. The second kappa shape index (κ2) is 2.49. The van der Waals surface area contributed by atoms with Crippen molar-refractivity contribution in [1.82, 2.24) is 0 Å². The Morgan fingerprint density at radius 3 is 2.75 bits per heavy atom. The van der Waals surface area contributed by atoms with Gasteiger partial charge in [-0.1, -0.05) is 16.9 Å². The predicted octanol–water partition coefficient (Wildman–Crippen LogP) is 2.11. The number of nitrogens with zero attached hydrogens (tertiary/aromatic N) is 2. The molecule has 1 fully saturated rings. The molecule has 66 valence electrons. The molecule has 1 heterocycles. The lowest BCUT2D eigenvalue weighted by molar-refractivity contribution is 0.321. The molecule has 0 aromatic rings. The third kappa shape index (κ3) is 1.14. The van der Waals surface area contributed by atoms with Gasteiger partial charge in [-0.05, 0) is 32.6 Å². The summed E-state index contributed by atoms with van der Waals surface area (Å²) in [7, 11) is 0. The molecule has 0 radical (unpaired) electrons. The van der Waals surface area contributed by atoms with Gasteiger partial charge >= 0.3 is 0 Å². The van der Waals surface area contributed by atoms with E-state index in [0.29, 0.717) is 11.0 Å². The van der Waals surface area contributed by atoms with Crippen LogP contribution in [0.25, 0.3) is 0 Å². The third-order valence-corrected chi connectivity index (χ3v) is 3.84. The normalized spacial score (nSPS) is 38.8. The Bertz CT molecular complexity index is 270. The molecule has 2 aliphatic rings. The van der Waals surface area contributed by atoms with Crippen molar-refractivity contribution in [3.8, 4) is 0 Å². The van der Waals surface area contributed by atoms with Gasteiger partial charge < -0.3 is 5.21 Å². The van der Waals surface area contributed by atoms with Crippen LogP contribution in [0.3, 0.4) is 0 Å². The van der Waals surface area contributed by atoms with Crippen LogP contribution in [0.4, 0.5) is 0 Å². The fourth-order valence-corrected chi connectivity index (χ4v) is 2.77. The summed E-state index contributed by atoms with van der Waals surface area (Å²) >= 11 is 1.59. The van der Waals surface area contributed by atoms with Crippen LogP contribution in [0.15, 0.2) is 10.1 Å². The van der Waals surface area contributed by atoms with Crippen LogP contribution in [0, 0.1) is 5.92 Å². The van der Waals surface area contributed by atoms with E-state index < -0.39 is 0 Å². The maximum atomic E-state index is 8.66. The standard InChI is InChI=1S/C8H12N2OS/c1-5-7(10-11)12-8(2,9-5)6-3-4-6/h6,11H,3-4H2,1-2H3. The molecule has 4 heteroatoms. The fourth-order valence-electron chi connectivity index (χ4n) is 1.56. The third-order valence-electron chi connectivity index (χ3n) is 2.43. The zero-order valence-electron chi connectivity index (χ0n) is 7.24. The number of hydrogen-bond donors (Lipinski definition) is 1. The molecular weight excluding hydrogens is 172 g/mol. The van der Waals surface area contributed by atoms with Gasteiger partial charge in [-0.15, -0.1) is 0 Å². The molecule has 2 rings (SSSR count). The van der Waals surface area contributed by atoms with Gasteiger partial charge in [0.1, 0.15) is 4.87 Å². The summed E-state index contributed by atoms with van der Waals surface area (Å²) in [4.78, 5) is 4.49. The van der Waals surface area contributed by atoms with Crippen LogP contribution in [0.2, 0.25) is 0 Å². The van der Waals surface area contributed by atoms with Gasteiger partial charge in [-0.3, -0.25) is 4.99 Å². The Kier molecular flexibility index (Phi) is 1.68. The summed E-state index contributed by atoms with van der Waals surface area (Å²) in [5.74, 6) is 0.691. The molecule has 1 aliphatic heterocycles. The summed E-state index contributed by atoms with van der Waals surface area (Å²) < 4.78 is 0. The van der Waals surface area contributed by atoms with Gasteiger partial charge in [0.25, 0.3) is 0 Å². The van der Waals surface area contributed by atoms with Crippen molar-refractivity contribution in [2.75, 3.05) is 0 Å². The molecule has 0 amide bonds. The molecule has 1 aliphatic carbocycles. The van der Waals surface area contributed by atoms with Crippen molar-refractivity contribution < 1.29 is 5.21 Å². The second-order valence-corrected chi connectivity index (χ2v) is 4.95. The van der Waals surface area contributed by atoms with Crippen LogP contribution < -0.4 is 0 Å². The van der Waals surface area contributed by atoms with E-state index in [1.807, 2.05) is 6.92 Å². The van der Waals surface area contributed by atoms with Crippen molar-refractivity contribution in [3.63, 3.8) is 0 Å². The molecule has 0 spiro atoms. The van der Waals surface area contributed by atoms with Crippen LogP contribution in [0.1, 0.15) is 26.7 Å². The fraction of sp³-hybridized carbons (Fsp3) is 0.750. The zero-order chi connectivity index (χ0) is 8.77. The van der Waals surface area contributed by atoms with Crippen LogP contribution in [0.5, 0.6) is 0 Å². The quantitative estimate of drug-likeness (QED) is 0.501. The van der Waals surface area contributed by atoms with E-state index in [1.165, 1.54) is 12.8 Å². The minimum Gasteiger partial charge on any atom is -0.410 e. The van der Waals surface area contributed by atoms with E-state index >= 15 is 0 Å². The second-order valence-electron chi connectivity index (χ2n) is 3.53. The Hall–Kier alpha value is -0.510. The van der Waals surface area contributed by atoms with Crippen LogP contribution in [-0.2, 0) is 0 Å². The lowest BCUT2D eigenvalue weighted by atomic mass is 10.2. The van der Waals surface area contributed by atoms with E-state index in [-0.39, 0.29) is 4.87 Å². The van der Waals surface area contributed by atoms with Crippen molar-refractivity contribution >= 4 is 22.5 Å². The van der Waals surface area contributed by atoms with Gasteiger partial charge in [0, 0.05) is 0 Å². The number of rotatable bonds is 1. The summed E-state index contributed by atoms with van der Waals surface area (Å²) in [6.45, 7) is 4.02. The first kappa shape index (κ1) is 8.10. The smallest absolute Gasteiger partial charge is 0.158 e. The molecule has 1 saturated carbocycles. The highest BCUT2D eigenvalue weighted by atomic mass is 32.2. The Balaban J connectivity index is 2.23. The molecule has 12 heavy (non-hydrogen) atoms. The Morgan fingerprint density at radius 1 is 1.67 bits per heavy atom. The van der Waals surface area contributed by atoms with Gasteiger partial charge in [-0.25, -0.2) is 0 Å². The topological polar surface area (TPSA) is 45.0 Å². The Labute approximate surface area is 75.9 Å². The minimum atomic E-state index is -0.0361. The summed E-state index contributed by atoms with van der Waals surface area (Å²) in [5.41, 5.74) is 0.872. The number of hydrogen-bond acceptors (Lipinski definition) is 4. The average Bonchev–Trinajstić information content (AvgIpc) is 2.79. The van der Waals surface area contributed by atoms with Crippen molar-refractivity contribution in [2.45, 2.75) is 31.6 Å². The van der Waals surface area contributed by atoms with Gasteiger partial charge in [-0.2, -0.15) is 0 Å². The molecule has 0 bridgehead atoms. The molecule has 1 unspecified atom stereocenters. The summed E-state index contributed by atoms with van der Waals surface area (Å²) in [6.07, 6.45) is 2.53. The van der Waals surface area contributed by atoms with Crippen molar-refractivity contribution in [3.05, 3.63) is 0 Å². The number of oxime groups is 1. The lowest BCUT2D eigenvalue weighted by Gasteiger charge is -2.17. The first-order chi connectivity index (χ1) is 5.65. The van der Waals surface area contributed by atoms with Crippen molar-refractivity contribution in [1.29, 1.82) is 0 Å². The average molecular weight is 184 g/mol. The molecular formula is C8H12N2OS. The van der Waals surface area contributed by atoms with E-state index in [0.717, 1.165) is 5.71 Å². The SMILES string of the molecule is CC1=NC(C)(C2CC2)SC1=NO. The summed E-state index contributed by atoms with van der Waals surface area (Å²) in [5, 5.41) is 12.6. The highest BCUT2D eigenvalue weighted by molar-refractivity contribution is 8.17. The molecule has 0 aromatic heterocycles. The minimum absolute atomic E-state index is 0.0361. The largest absolute Gasteiger partial charge is 0.410 e. The van der Waals surface area contributed by atoms with Gasteiger partial charge in [0.2, 0.25) is 0 Å². The van der Waals surface area contributed by atoms with Crippen LogP contribution >= 0.6 is 11.8 Å². The van der Waals surface area contributed by atoms with E-state index in [2.05, 4.69) is 17.1 Å². The number of aliphatic imine (C=N–C) groups is 1. The maximum absolute atomic E-state index is 8.66. The Morgan fingerprint density at radius 2 is 2.33 bits per heavy atom. The van der Waals surface area contributed by atoms with Gasteiger partial charge in [0.05, 0.1) is 5.71 Å². The maximum Gasteiger partial charge on any atom is 0.158 e. The highest BCUT2D eigenvalue weighted by Gasteiger charge is 2.46. The molecule has 1 atom stereocenters. The lowest BCUT2D eigenvalue weighted by Crippen LogP contribution is -2.16. The first-order valence-corrected chi connectivity index (χ1v) is 4.95. The van der Waals surface area contributed by atoms with E-state index in [4.69, 9.17) is 5.21 Å². The molecule has 0 aromatic carbocycles. The molecule has 0 saturated heterocycles.